The summed E-state index contributed by atoms with van der Waals surface area (Å²) < 4.78 is 7.14. The number of rotatable bonds is 1. The van der Waals surface area contributed by atoms with Crippen LogP contribution in [0.2, 0.25) is 0 Å². The second-order valence-electron chi connectivity index (χ2n) is 2.98. The highest BCUT2D eigenvalue weighted by Gasteiger charge is 2.02. The van der Waals surface area contributed by atoms with Gasteiger partial charge in [0, 0.05) is 24.2 Å². The molecule has 0 aromatic carbocycles. The maximum absolute atomic E-state index is 5.20. The predicted molar refractivity (Wildman–Crippen MR) is 50.7 cm³/mol. The zero-order valence-corrected chi connectivity index (χ0v) is 7.29. The molecule has 4 heteroatoms. The lowest BCUT2D eigenvalue weighted by Gasteiger charge is -1.97. The molecule has 4 nitrogen and oxygen atoms in total. The first-order valence-electron chi connectivity index (χ1n) is 4.25. The van der Waals surface area contributed by atoms with Crippen LogP contribution in [0.3, 0.4) is 0 Å². The lowest BCUT2D eigenvalue weighted by atomic mass is 10.2. The summed E-state index contributed by atoms with van der Waals surface area (Å²) in [5.41, 5.74) is 1.92. The van der Waals surface area contributed by atoms with E-state index in [9.17, 15) is 0 Å². The first-order valence-corrected chi connectivity index (χ1v) is 4.25. The van der Waals surface area contributed by atoms with Gasteiger partial charge in [0.25, 0.3) is 0 Å². The maximum Gasteiger partial charge on any atom is 0.181 e. The minimum Gasteiger partial charge on any atom is -0.443 e. The highest BCUT2D eigenvalue weighted by atomic mass is 16.3. The van der Waals surface area contributed by atoms with Crippen LogP contribution in [0.25, 0.3) is 17.0 Å². The fourth-order valence-corrected chi connectivity index (χ4v) is 1.42. The lowest BCUT2D eigenvalue weighted by molar-refractivity contribution is 0.571. The largest absolute Gasteiger partial charge is 0.443 e. The molecule has 0 fully saturated rings. The minimum atomic E-state index is 0.764. The van der Waals surface area contributed by atoms with Gasteiger partial charge in [0.2, 0.25) is 0 Å². The average molecular weight is 185 g/mol. The van der Waals surface area contributed by atoms with Crippen molar-refractivity contribution in [2.45, 2.75) is 0 Å². The third-order valence-corrected chi connectivity index (χ3v) is 2.11. The second kappa shape index (κ2) is 2.70. The van der Waals surface area contributed by atoms with E-state index >= 15 is 0 Å². The van der Waals surface area contributed by atoms with E-state index in [4.69, 9.17) is 4.42 Å². The van der Waals surface area contributed by atoms with Gasteiger partial charge in [0.1, 0.15) is 5.65 Å². The van der Waals surface area contributed by atoms with Gasteiger partial charge in [-0.3, -0.25) is 0 Å². The van der Waals surface area contributed by atoms with Crippen molar-refractivity contribution in [3.8, 4) is 11.3 Å². The molecule has 14 heavy (non-hydrogen) atoms. The van der Waals surface area contributed by atoms with Crippen molar-refractivity contribution in [1.82, 2.24) is 14.4 Å². The standard InChI is InChI=1S/C10H7N3O/c1-2-10-12-3-4-13(10)6-8(1)9-5-11-7-14-9/h1-7H. The Hall–Kier alpha value is -2.10. The molecule has 3 rings (SSSR count). The normalized spacial score (nSPS) is 10.9. The number of imidazole rings is 1. The third-order valence-electron chi connectivity index (χ3n) is 2.11. The molecule has 0 aliphatic carbocycles. The van der Waals surface area contributed by atoms with Crippen molar-refractivity contribution in [1.29, 1.82) is 0 Å². The number of hydrogen-bond donors (Lipinski definition) is 0. The minimum absolute atomic E-state index is 0.764. The van der Waals surface area contributed by atoms with Crippen molar-refractivity contribution in [2.75, 3.05) is 0 Å². The summed E-state index contributed by atoms with van der Waals surface area (Å²) in [6, 6.07) is 3.90. The SMILES string of the molecule is c1cn2cc(-c3cnco3)ccc2n1. The van der Waals surface area contributed by atoms with Crippen LogP contribution in [0.4, 0.5) is 0 Å². The Labute approximate surface area is 79.8 Å². The van der Waals surface area contributed by atoms with Crippen LogP contribution in [0.15, 0.2) is 47.7 Å². The number of pyridine rings is 1. The van der Waals surface area contributed by atoms with Crippen LogP contribution in [0.5, 0.6) is 0 Å². The Morgan fingerprint density at radius 3 is 3.14 bits per heavy atom. The molecule has 3 aromatic rings. The van der Waals surface area contributed by atoms with Gasteiger partial charge in [-0.15, -0.1) is 0 Å². The highest BCUT2D eigenvalue weighted by Crippen LogP contribution is 2.18. The van der Waals surface area contributed by atoms with Gasteiger partial charge in [-0.05, 0) is 12.1 Å². The first kappa shape index (κ1) is 7.32. The molecule has 0 atom stereocenters. The van der Waals surface area contributed by atoms with Crippen LogP contribution in [0, 0.1) is 0 Å². The molecule has 0 unspecified atom stereocenters. The molecule has 0 saturated carbocycles. The molecule has 3 aromatic heterocycles. The van der Waals surface area contributed by atoms with Crippen LogP contribution in [-0.4, -0.2) is 14.4 Å². The average Bonchev–Trinajstić information content (AvgIpc) is 2.88. The summed E-state index contributed by atoms with van der Waals surface area (Å²) in [6.07, 6.45) is 8.74. The van der Waals surface area contributed by atoms with Gasteiger partial charge in [-0.25, -0.2) is 9.97 Å². The van der Waals surface area contributed by atoms with Crippen molar-refractivity contribution >= 4 is 5.65 Å². The van der Waals surface area contributed by atoms with Gasteiger partial charge in [-0.2, -0.15) is 0 Å². The molecule has 0 radical (unpaired) electrons. The Morgan fingerprint density at radius 1 is 1.29 bits per heavy atom. The first-order chi connectivity index (χ1) is 6.93. The zero-order valence-electron chi connectivity index (χ0n) is 7.29. The van der Waals surface area contributed by atoms with E-state index < -0.39 is 0 Å². The van der Waals surface area contributed by atoms with E-state index in [-0.39, 0.29) is 0 Å². The van der Waals surface area contributed by atoms with Crippen molar-refractivity contribution < 1.29 is 4.42 Å². The number of fused-ring (bicyclic) bond motifs is 1. The van der Waals surface area contributed by atoms with Crippen molar-refractivity contribution in [3.05, 3.63) is 43.3 Å². The molecule has 0 spiro atoms. The van der Waals surface area contributed by atoms with Gasteiger partial charge in [-0.1, -0.05) is 0 Å². The Morgan fingerprint density at radius 2 is 2.29 bits per heavy atom. The molecule has 0 N–H and O–H groups in total. The van der Waals surface area contributed by atoms with Gasteiger partial charge >= 0.3 is 0 Å². The molecule has 0 aliphatic rings. The van der Waals surface area contributed by atoms with Crippen molar-refractivity contribution in [2.24, 2.45) is 0 Å². The lowest BCUT2D eigenvalue weighted by Crippen LogP contribution is -1.83. The zero-order chi connectivity index (χ0) is 9.38. The van der Waals surface area contributed by atoms with Crippen LogP contribution in [0.1, 0.15) is 0 Å². The summed E-state index contributed by atoms with van der Waals surface area (Å²) >= 11 is 0. The van der Waals surface area contributed by atoms with E-state index in [2.05, 4.69) is 9.97 Å². The number of hydrogen-bond acceptors (Lipinski definition) is 3. The van der Waals surface area contributed by atoms with Gasteiger partial charge < -0.3 is 8.82 Å². The highest BCUT2D eigenvalue weighted by molar-refractivity contribution is 5.58. The molecule has 68 valence electrons. The molecule has 0 amide bonds. The maximum atomic E-state index is 5.20. The van der Waals surface area contributed by atoms with Gasteiger partial charge in [0.05, 0.1) is 6.20 Å². The summed E-state index contributed by atoms with van der Waals surface area (Å²) in [5, 5.41) is 0. The van der Waals surface area contributed by atoms with Crippen LogP contribution < -0.4 is 0 Å². The number of aromatic nitrogens is 3. The number of oxazole rings is 1. The molecule has 0 bridgehead atoms. The quantitative estimate of drug-likeness (QED) is 0.582. The molecule has 0 aliphatic heterocycles. The fraction of sp³-hybridized carbons (Fsp3) is 0. The van der Waals surface area contributed by atoms with E-state index in [0.717, 1.165) is 17.0 Å². The monoisotopic (exact) mass is 185 g/mol. The van der Waals surface area contributed by atoms with Crippen LogP contribution >= 0.6 is 0 Å². The number of nitrogens with zero attached hydrogens (tertiary/aromatic N) is 3. The van der Waals surface area contributed by atoms with E-state index in [0.29, 0.717) is 0 Å². The third kappa shape index (κ3) is 1.01. The van der Waals surface area contributed by atoms with Gasteiger partial charge in [0.15, 0.2) is 12.2 Å². The topological polar surface area (TPSA) is 43.3 Å². The summed E-state index contributed by atoms with van der Waals surface area (Å²) in [6.45, 7) is 0. The van der Waals surface area contributed by atoms with E-state index in [1.54, 1.807) is 12.4 Å². The smallest absolute Gasteiger partial charge is 0.181 e. The molecular weight excluding hydrogens is 178 g/mol. The van der Waals surface area contributed by atoms with Crippen molar-refractivity contribution in [3.63, 3.8) is 0 Å². The predicted octanol–water partition coefficient (Wildman–Crippen LogP) is 1.99. The molecule has 3 heterocycles. The van der Waals surface area contributed by atoms with E-state index in [1.807, 2.05) is 28.9 Å². The Kier molecular flexibility index (Phi) is 1.41. The summed E-state index contributed by atoms with van der Waals surface area (Å²) in [4.78, 5) is 8.03. The fourth-order valence-electron chi connectivity index (χ4n) is 1.42. The van der Waals surface area contributed by atoms with E-state index in [1.165, 1.54) is 6.39 Å². The molecular formula is C10H7N3O. The Bertz CT molecular complexity index is 554. The summed E-state index contributed by atoms with van der Waals surface area (Å²) in [7, 11) is 0. The summed E-state index contributed by atoms with van der Waals surface area (Å²) in [5.74, 6) is 0.764. The Balaban J connectivity index is 2.23. The van der Waals surface area contributed by atoms with Crippen LogP contribution in [-0.2, 0) is 0 Å². The molecule has 0 saturated heterocycles. The second-order valence-corrected chi connectivity index (χ2v) is 2.98.